The summed E-state index contributed by atoms with van der Waals surface area (Å²) in [6.07, 6.45) is 0. The van der Waals surface area contributed by atoms with Gasteiger partial charge in [0.1, 0.15) is 0 Å². The molecule has 1 aromatic heterocycles. The normalized spacial score (nSPS) is 22.8. The Balaban J connectivity index is 2.46. The molecular formula is C21H30N2O. The molecule has 0 fully saturated rings. The Hall–Kier alpha value is -1.77. The minimum Gasteiger partial charge on any atom is -0.368 e. The van der Waals surface area contributed by atoms with Gasteiger partial charge < -0.3 is 9.88 Å². The maximum atomic E-state index is 12.3. The summed E-state index contributed by atoms with van der Waals surface area (Å²) in [5.74, 6) is 0.472. The zero-order valence-electron chi connectivity index (χ0n) is 16.3. The third-order valence-corrected chi connectivity index (χ3v) is 6.87. The van der Waals surface area contributed by atoms with E-state index in [0.717, 1.165) is 23.2 Å². The van der Waals surface area contributed by atoms with E-state index in [1.165, 1.54) is 22.2 Å². The van der Waals surface area contributed by atoms with Crippen LogP contribution in [0.25, 0.3) is 10.9 Å². The second-order valence-electron chi connectivity index (χ2n) is 8.07. The number of anilines is 1. The molecule has 1 aliphatic rings. The van der Waals surface area contributed by atoms with Crippen LogP contribution in [0.4, 0.5) is 5.69 Å². The minimum atomic E-state index is 0.0309. The SMILES string of the molecule is CCN1c2c(cc3c(C)c(C)c(=O)[nH]c3c2C)C(C)C(C)(C)C1C. The lowest BCUT2D eigenvalue weighted by molar-refractivity contribution is 0.224. The van der Waals surface area contributed by atoms with Gasteiger partial charge in [0.2, 0.25) is 0 Å². The molecule has 3 rings (SSSR count). The third kappa shape index (κ3) is 2.06. The van der Waals surface area contributed by atoms with E-state index >= 15 is 0 Å². The van der Waals surface area contributed by atoms with Gasteiger partial charge >= 0.3 is 0 Å². The van der Waals surface area contributed by atoms with Crippen molar-refractivity contribution in [3.63, 3.8) is 0 Å². The smallest absolute Gasteiger partial charge is 0.251 e. The van der Waals surface area contributed by atoms with E-state index in [1.54, 1.807) is 0 Å². The fraction of sp³-hybridized carbons (Fsp3) is 0.571. The molecule has 3 nitrogen and oxygen atoms in total. The standard InChI is InChI=1S/C21H30N2O/c1-9-23-15(6)21(7,8)14(5)17-10-16-11(2)12(3)20(24)22-18(16)13(4)19(17)23/h10,14-15H,9H2,1-8H3,(H,22,24). The van der Waals surface area contributed by atoms with E-state index in [2.05, 4.69) is 64.4 Å². The molecule has 24 heavy (non-hydrogen) atoms. The molecule has 0 saturated heterocycles. The zero-order chi connectivity index (χ0) is 18.0. The third-order valence-electron chi connectivity index (χ3n) is 6.87. The van der Waals surface area contributed by atoms with Crippen LogP contribution in [0.3, 0.4) is 0 Å². The molecule has 130 valence electrons. The summed E-state index contributed by atoms with van der Waals surface area (Å²) in [7, 11) is 0. The Bertz CT molecular complexity index is 876. The lowest BCUT2D eigenvalue weighted by Crippen LogP contribution is -2.50. The number of rotatable bonds is 1. The Morgan fingerprint density at radius 3 is 2.33 bits per heavy atom. The Kier molecular flexibility index (Phi) is 3.82. The van der Waals surface area contributed by atoms with Crippen molar-refractivity contribution in [2.75, 3.05) is 11.4 Å². The molecule has 3 heteroatoms. The fourth-order valence-corrected chi connectivity index (χ4v) is 4.37. The quantitative estimate of drug-likeness (QED) is 0.816. The average molecular weight is 326 g/mol. The summed E-state index contributed by atoms with van der Waals surface area (Å²) in [6, 6.07) is 2.79. The topological polar surface area (TPSA) is 36.1 Å². The molecule has 0 saturated carbocycles. The van der Waals surface area contributed by atoms with Gasteiger partial charge in [-0.1, -0.05) is 20.8 Å². The second kappa shape index (κ2) is 5.37. The molecule has 2 unspecified atom stereocenters. The van der Waals surface area contributed by atoms with E-state index in [1.807, 2.05) is 6.92 Å². The Morgan fingerprint density at radius 1 is 1.12 bits per heavy atom. The van der Waals surface area contributed by atoms with Crippen LogP contribution in [0.15, 0.2) is 10.9 Å². The van der Waals surface area contributed by atoms with Gasteiger partial charge in [-0.05, 0) is 68.7 Å². The molecule has 0 radical (unpaired) electrons. The number of nitrogens with zero attached hydrogens (tertiary/aromatic N) is 1. The van der Waals surface area contributed by atoms with Crippen molar-refractivity contribution < 1.29 is 0 Å². The molecule has 0 bridgehead atoms. The molecule has 2 heterocycles. The van der Waals surface area contributed by atoms with Crippen molar-refractivity contribution >= 4 is 16.6 Å². The van der Waals surface area contributed by atoms with Gasteiger partial charge in [-0.3, -0.25) is 4.79 Å². The van der Waals surface area contributed by atoms with Crippen LogP contribution in [0.2, 0.25) is 0 Å². The highest BCUT2D eigenvalue weighted by molar-refractivity contribution is 5.92. The fourth-order valence-electron chi connectivity index (χ4n) is 4.37. The van der Waals surface area contributed by atoms with Gasteiger partial charge in [0.15, 0.2) is 0 Å². The second-order valence-corrected chi connectivity index (χ2v) is 8.07. The number of aromatic nitrogens is 1. The minimum absolute atomic E-state index is 0.0309. The van der Waals surface area contributed by atoms with Crippen LogP contribution in [0.5, 0.6) is 0 Å². The number of hydrogen-bond donors (Lipinski definition) is 1. The van der Waals surface area contributed by atoms with E-state index in [4.69, 9.17) is 0 Å². The van der Waals surface area contributed by atoms with Crippen molar-refractivity contribution in [1.82, 2.24) is 4.98 Å². The van der Waals surface area contributed by atoms with Crippen LogP contribution in [0, 0.1) is 26.2 Å². The highest BCUT2D eigenvalue weighted by Crippen LogP contribution is 2.51. The molecule has 2 aromatic rings. The van der Waals surface area contributed by atoms with Crippen LogP contribution < -0.4 is 10.5 Å². The van der Waals surface area contributed by atoms with Crippen molar-refractivity contribution in [2.24, 2.45) is 5.41 Å². The number of benzene rings is 1. The van der Waals surface area contributed by atoms with Crippen molar-refractivity contribution in [3.8, 4) is 0 Å². The molecule has 0 amide bonds. The highest BCUT2D eigenvalue weighted by atomic mass is 16.1. The van der Waals surface area contributed by atoms with E-state index in [0.29, 0.717) is 12.0 Å². The van der Waals surface area contributed by atoms with Gasteiger partial charge in [0, 0.05) is 29.2 Å². The molecule has 2 atom stereocenters. The van der Waals surface area contributed by atoms with E-state index in [-0.39, 0.29) is 11.0 Å². The first kappa shape index (κ1) is 17.1. The predicted octanol–water partition coefficient (Wildman–Crippen LogP) is 4.81. The van der Waals surface area contributed by atoms with Crippen molar-refractivity contribution in [2.45, 2.75) is 67.3 Å². The molecule has 0 aliphatic carbocycles. The van der Waals surface area contributed by atoms with E-state index < -0.39 is 0 Å². The number of aromatic amines is 1. The van der Waals surface area contributed by atoms with Crippen LogP contribution in [-0.2, 0) is 0 Å². The first-order valence-corrected chi connectivity index (χ1v) is 9.06. The summed E-state index contributed by atoms with van der Waals surface area (Å²) in [4.78, 5) is 17.9. The summed E-state index contributed by atoms with van der Waals surface area (Å²) in [5, 5.41) is 1.19. The first-order valence-electron chi connectivity index (χ1n) is 9.06. The van der Waals surface area contributed by atoms with Gasteiger partial charge in [-0.25, -0.2) is 0 Å². The van der Waals surface area contributed by atoms with Gasteiger partial charge in [0.25, 0.3) is 5.56 Å². The highest BCUT2D eigenvalue weighted by Gasteiger charge is 2.43. The van der Waals surface area contributed by atoms with Crippen molar-refractivity contribution in [3.05, 3.63) is 38.7 Å². The predicted molar refractivity (Wildman–Crippen MR) is 103 cm³/mol. The number of nitrogens with one attached hydrogen (secondary N) is 1. The lowest BCUT2D eigenvalue weighted by atomic mass is 9.67. The van der Waals surface area contributed by atoms with Crippen LogP contribution in [-0.4, -0.2) is 17.6 Å². The number of hydrogen-bond acceptors (Lipinski definition) is 2. The summed E-state index contributed by atoms with van der Waals surface area (Å²) >= 11 is 0. The zero-order valence-corrected chi connectivity index (χ0v) is 16.3. The lowest BCUT2D eigenvalue weighted by Gasteiger charge is -2.51. The summed E-state index contributed by atoms with van der Waals surface area (Å²) < 4.78 is 0. The number of aryl methyl sites for hydroxylation is 2. The molecule has 0 spiro atoms. The monoisotopic (exact) mass is 326 g/mol. The maximum absolute atomic E-state index is 12.3. The van der Waals surface area contributed by atoms with Crippen LogP contribution in [0.1, 0.15) is 62.8 Å². The number of pyridine rings is 1. The number of H-pyrrole nitrogens is 1. The van der Waals surface area contributed by atoms with Crippen LogP contribution >= 0.6 is 0 Å². The Morgan fingerprint density at radius 2 is 1.75 bits per heavy atom. The molecule has 1 aliphatic heterocycles. The maximum Gasteiger partial charge on any atom is 0.251 e. The molecular weight excluding hydrogens is 296 g/mol. The van der Waals surface area contributed by atoms with Gasteiger partial charge in [-0.15, -0.1) is 0 Å². The van der Waals surface area contributed by atoms with Crippen molar-refractivity contribution in [1.29, 1.82) is 0 Å². The Labute approximate surface area is 145 Å². The molecule has 1 aromatic carbocycles. The molecule has 1 N–H and O–H groups in total. The van der Waals surface area contributed by atoms with Gasteiger partial charge in [0.05, 0.1) is 5.52 Å². The summed E-state index contributed by atoms with van der Waals surface area (Å²) in [6.45, 7) is 18.8. The van der Waals surface area contributed by atoms with Gasteiger partial charge in [-0.2, -0.15) is 0 Å². The number of fused-ring (bicyclic) bond motifs is 2. The average Bonchev–Trinajstić information content (AvgIpc) is 2.54. The largest absolute Gasteiger partial charge is 0.368 e. The first-order chi connectivity index (χ1) is 11.1. The van der Waals surface area contributed by atoms with E-state index in [9.17, 15) is 4.79 Å². The summed E-state index contributed by atoms with van der Waals surface area (Å²) in [5.41, 5.74) is 7.11.